The van der Waals surface area contributed by atoms with Gasteiger partial charge in [-0.1, -0.05) is 19.8 Å². The molecule has 1 rings (SSSR count). The first-order valence-corrected chi connectivity index (χ1v) is 6.33. The van der Waals surface area contributed by atoms with Crippen LogP contribution < -0.4 is 0 Å². The summed E-state index contributed by atoms with van der Waals surface area (Å²) in [5.74, 6) is 0.0504. The molecule has 1 fully saturated rings. The van der Waals surface area contributed by atoms with Crippen molar-refractivity contribution in [3.8, 4) is 0 Å². The number of carbonyl (C=O) groups excluding carboxylic acids is 2. The van der Waals surface area contributed by atoms with Crippen LogP contribution in [0.3, 0.4) is 0 Å². The fourth-order valence-corrected chi connectivity index (χ4v) is 2.53. The Bertz CT molecular complexity index is 252. The van der Waals surface area contributed by atoms with Gasteiger partial charge in [-0.2, -0.15) is 0 Å². The third kappa shape index (κ3) is 3.06. The van der Waals surface area contributed by atoms with Gasteiger partial charge < -0.3 is 4.74 Å². The van der Waals surface area contributed by atoms with Gasteiger partial charge in [0.15, 0.2) is 0 Å². The van der Waals surface area contributed by atoms with Gasteiger partial charge in [0.25, 0.3) is 0 Å². The van der Waals surface area contributed by atoms with Crippen LogP contribution >= 0.6 is 0 Å². The molecular weight excluding hydrogens is 204 g/mol. The number of Topliss-reactive ketones (excluding diaryl/α,β-unsaturated/α-hetero) is 1. The molecule has 0 N–H and O–H groups in total. The zero-order valence-electron chi connectivity index (χ0n) is 10.4. The van der Waals surface area contributed by atoms with Crippen molar-refractivity contribution >= 4 is 11.8 Å². The second-order valence-corrected chi connectivity index (χ2v) is 4.67. The Hall–Kier alpha value is -0.860. The standard InChI is InChI=1S/C13H22O3/c1-3-7-11(14)10-13(8-5-6-9-13)12(15)16-4-2/h3-10H2,1-2H3. The third-order valence-corrected chi connectivity index (χ3v) is 3.33. The van der Waals surface area contributed by atoms with E-state index in [1.807, 2.05) is 13.8 Å². The number of ether oxygens (including phenoxy) is 1. The summed E-state index contributed by atoms with van der Waals surface area (Å²) in [5, 5.41) is 0. The number of hydrogen-bond acceptors (Lipinski definition) is 3. The second kappa shape index (κ2) is 6.02. The van der Waals surface area contributed by atoms with Gasteiger partial charge in [-0.15, -0.1) is 0 Å². The fraction of sp³-hybridized carbons (Fsp3) is 0.846. The van der Waals surface area contributed by atoms with Gasteiger partial charge in [-0.25, -0.2) is 0 Å². The van der Waals surface area contributed by atoms with Crippen molar-refractivity contribution in [3.05, 3.63) is 0 Å². The Morgan fingerprint density at radius 1 is 1.19 bits per heavy atom. The second-order valence-electron chi connectivity index (χ2n) is 4.67. The predicted octanol–water partition coefficient (Wildman–Crippen LogP) is 2.87. The summed E-state index contributed by atoms with van der Waals surface area (Å²) >= 11 is 0. The van der Waals surface area contributed by atoms with Crippen LogP contribution in [0.15, 0.2) is 0 Å². The molecule has 0 amide bonds. The molecule has 0 saturated heterocycles. The molecule has 3 nitrogen and oxygen atoms in total. The van der Waals surface area contributed by atoms with Crippen molar-refractivity contribution in [2.45, 2.75) is 58.8 Å². The van der Waals surface area contributed by atoms with Crippen LogP contribution in [0.5, 0.6) is 0 Å². The van der Waals surface area contributed by atoms with E-state index >= 15 is 0 Å². The lowest BCUT2D eigenvalue weighted by Gasteiger charge is -2.25. The van der Waals surface area contributed by atoms with E-state index in [1.54, 1.807) is 0 Å². The van der Waals surface area contributed by atoms with Crippen molar-refractivity contribution in [3.63, 3.8) is 0 Å². The van der Waals surface area contributed by atoms with E-state index in [4.69, 9.17) is 4.74 Å². The maximum Gasteiger partial charge on any atom is 0.312 e. The minimum absolute atomic E-state index is 0.156. The molecule has 0 aliphatic heterocycles. The summed E-state index contributed by atoms with van der Waals surface area (Å²) in [5.41, 5.74) is -0.484. The molecule has 3 heteroatoms. The van der Waals surface area contributed by atoms with Gasteiger partial charge in [0, 0.05) is 12.8 Å². The zero-order valence-corrected chi connectivity index (χ0v) is 10.4. The highest BCUT2D eigenvalue weighted by atomic mass is 16.5. The molecule has 16 heavy (non-hydrogen) atoms. The van der Waals surface area contributed by atoms with Crippen LogP contribution in [0.2, 0.25) is 0 Å². The summed E-state index contributed by atoms with van der Waals surface area (Å²) in [6.07, 6.45) is 5.55. The molecule has 1 aliphatic rings. The number of esters is 1. The first kappa shape index (κ1) is 13.2. The molecule has 92 valence electrons. The van der Waals surface area contributed by atoms with Crippen molar-refractivity contribution in [2.75, 3.05) is 6.61 Å². The van der Waals surface area contributed by atoms with E-state index in [-0.39, 0.29) is 11.8 Å². The average Bonchev–Trinajstić information content (AvgIpc) is 2.68. The number of carbonyl (C=O) groups is 2. The Kier molecular flexibility index (Phi) is 4.97. The van der Waals surface area contributed by atoms with Crippen LogP contribution in [-0.2, 0) is 14.3 Å². The van der Waals surface area contributed by atoms with E-state index in [0.29, 0.717) is 19.4 Å². The lowest BCUT2D eigenvalue weighted by molar-refractivity contribution is -0.157. The van der Waals surface area contributed by atoms with E-state index in [1.165, 1.54) is 0 Å². The quantitative estimate of drug-likeness (QED) is 0.654. The van der Waals surface area contributed by atoms with E-state index in [9.17, 15) is 9.59 Å². The number of ketones is 1. The van der Waals surface area contributed by atoms with Crippen LogP contribution in [-0.4, -0.2) is 18.4 Å². The summed E-state index contributed by atoms with van der Waals surface area (Å²) in [7, 11) is 0. The topological polar surface area (TPSA) is 43.4 Å². The molecule has 0 radical (unpaired) electrons. The Labute approximate surface area is 97.5 Å². The van der Waals surface area contributed by atoms with Crippen molar-refractivity contribution in [1.82, 2.24) is 0 Å². The largest absolute Gasteiger partial charge is 0.466 e. The Balaban J connectivity index is 2.65. The van der Waals surface area contributed by atoms with Crippen LogP contribution in [0, 0.1) is 5.41 Å². The molecular formula is C13H22O3. The Morgan fingerprint density at radius 2 is 1.81 bits per heavy atom. The van der Waals surface area contributed by atoms with Gasteiger partial charge in [0.1, 0.15) is 5.78 Å². The average molecular weight is 226 g/mol. The first-order chi connectivity index (χ1) is 7.64. The Morgan fingerprint density at radius 3 is 2.31 bits per heavy atom. The molecule has 0 unspecified atom stereocenters. The summed E-state index contributed by atoms with van der Waals surface area (Å²) in [6, 6.07) is 0. The first-order valence-electron chi connectivity index (χ1n) is 6.33. The molecule has 0 aromatic heterocycles. The van der Waals surface area contributed by atoms with E-state index < -0.39 is 5.41 Å². The van der Waals surface area contributed by atoms with Crippen LogP contribution in [0.1, 0.15) is 58.8 Å². The van der Waals surface area contributed by atoms with Crippen LogP contribution in [0.25, 0.3) is 0 Å². The smallest absolute Gasteiger partial charge is 0.312 e. The van der Waals surface area contributed by atoms with Crippen molar-refractivity contribution < 1.29 is 14.3 Å². The minimum Gasteiger partial charge on any atom is -0.466 e. The lowest BCUT2D eigenvalue weighted by Crippen LogP contribution is -2.32. The van der Waals surface area contributed by atoms with Gasteiger partial charge in [0.2, 0.25) is 0 Å². The summed E-state index contributed by atoms with van der Waals surface area (Å²) in [4.78, 5) is 23.6. The molecule has 1 aliphatic carbocycles. The van der Waals surface area contributed by atoms with Crippen LogP contribution in [0.4, 0.5) is 0 Å². The highest BCUT2D eigenvalue weighted by molar-refractivity contribution is 5.87. The third-order valence-electron chi connectivity index (χ3n) is 3.33. The van der Waals surface area contributed by atoms with Crippen molar-refractivity contribution in [1.29, 1.82) is 0 Å². The number of rotatable bonds is 6. The predicted molar refractivity (Wildman–Crippen MR) is 62.1 cm³/mol. The molecule has 0 bridgehead atoms. The SMILES string of the molecule is CCCC(=O)CC1(C(=O)OCC)CCCC1. The maximum atomic E-state index is 11.9. The highest BCUT2D eigenvalue weighted by Crippen LogP contribution is 2.42. The van der Waals surface area contributed by atoms with Gasteiger partial charge in [-0.3, -0.25) is 9.59 Å². The summed E-state index contributed by atoms with van der Waals surface area (Å²) in [6.45, 7) is 4.21. The molecule has 0 aromatic carbocycles. The normalized spacial score (nSPS) is 18.4. The lowest BCUT2D eigenvalue weighted by atomic mass is 9.80. The maximum absolute atomic E-state index is 11.9. The van der Waals surface area contributed by atoms with E-state index in [0.717, 1.165) is 32.1 Å². The monoisotopic (exact) mass is 226 g/mol. The molecule has 0 heterocycles. The summed E-state index contributed by atoms with van der Waals surface area (Å²) < 4.78 is 5.12. The van der Waals surface area contributed by atoms with E-state index in [2.05, 4.69) is 0 Å². The van der Waals surface area contributed by atoms with Gasteiger partial charge in [-0.05, 0) is 26.2 Å². The highest BCUT2D eigenvalue weighted by Gasteiger charge is 2.43. The molecule has 0 aromatic rings. The van der Waals surface area contributed by atoms with Gasteiger partial charge >= 0.3 is 5.97 Å². The van der Waals surface area contributed by atoms with Crippen molar-refractivity contribution in [2.24, 2.45) is 5.41 Å². The van der Waals surface area contributed by atoms with Gasteiger partial charge in [0.05, 0.1) is 12.0 Å². The molecule has 1 saturated carbocycles. The minimum atomic E-state index is -0.484. The molecule has 0 atom stereocenters. The number of hydrogen-bond donors (Lipinski definition) is 0. The fourth-order valence-electron chi connectivity index (χ4n) is 2.53. The molecule has 0 spiro atoms. The zero-order chi connectivity index (χ0) is 12.0.